The van der Waals surface area contributed by atoms with Gasteiger partial charge in [0, 0.05) is 22.4 Å². The zero-order valence-electron chi connectivity index (χ0n) is 20.1. The van der Waals surface area contributed by atoms with E-state index in [2.05, 4.69) is 46.5 Å². The number of fused-ring (bicyclic) bond motifs is 1. The fourth-order valence-corrected chi connectivity index (χ4v) is 5.69. The van der Waals surface area contributed by atoms with Crippen LogP contribution in [0.15, 0.2) is 65.2 Å². The predicted octanol–water partition coefficient (Wildman–Crippen LogP) is 5.70. The van der Waals surface area contributed by atoms with Crippen LogP contribution in [-0.4, -0.2) is 40.0 Å². The lowest BCUT2D eigenvalue weighted by Crippen LogP contribution is -2.40. The zero-order valence-corrected chi connectivity index (χ0v) is 21.0. The standard InChI is InChI=1S/C28H26N4O3S/c1-17-26(18(2)35-31-17)20-8-10-23-22(14-20)28(30-27(29-23)25-11-9-21(15-33)36-25)32-12-13-34-16-24(32)19-6-4-3-5-7-19/h3-11,14,24,33H,12-13,15-16H2,1-2H3. The summed E-state index contributed by atoms with van der Waals surface area (Å²) in [5.41, 5.74) is 4.93. The van der Waals surface area contributed by atoms with Crippen LogP contribution < -0.4 is 4.90 Å². The van der Waals surface area contributed by atoms with Gasteiger partial charge >= 0.3 is 0 Å². The Morgan fingerprint density at radius 1 is 1.06 bits per heavy atom. The molecule has 8 heteroatoms. The summed E-state index contributed by atoms with van der Waals surface area (Å²) in [6.45, 7) is 5.82. The van der Waals surface area contributed by atoms with Crippen molar-refractivity contribution in [2.24, 2.45) is 0 Å². The van der Waals surface area contributed by atoms with Gasteiger partial charge in [0.1, 0.15) is 11.6 Å². The molecule has 1 saturated heterocycles. The molecule has 0 radical (unpaired) electrons. The van der Waals surface area contributed by atoms with Crippen molar-refractivity contribution in [3.8, 4) is 21.8 Å². The van der Waals surface area contributed by atoms with Crippen molar-refractivity contribution < 1.29 is 14.4 Å². The predicted molar refractivity (Wildman–Crippen MR) is 141 cm³/mol. The molecule has 0 bridgehead atoms. The molecule has 0 saturated carbocycles. The third kappa shape index (κ3) is 4.07. The van der Waals surface area contributed by atoms with Gasteiger partial charge in [0.05, 0.1) is 42.0 Å². The second-order valence-corrected chi connectivity index (χ2v) is 10.1. The first-order chi connectivity index (χ1) is 17.6. The van der Waals surface area contributed by atoms with Crippen LogP contribution >= 0.6 is 11.3 Å². The van der Waals surface area contributed by atoms with Crippen molar-refractivity contribution in [2.75, 3.05) is 24.7 Å². The molecule has 1 N–H and O–H groups in total. The highest BCUT2D eigenvalue weighted by atomic mass is 32.1. The lowest BCUT2D eigenvalue weighted by Gasteiger charge is -2.37. The molecule has 2 aromatic carbocycles. The Labute approximate surface area is 213 Å². The Hall–Kier alpha value is -3.59. The first-order valence-electron chi connectivity index (χ1n) is 12.0. The number of aliphatic hydroxyl groups excluding tert-OH is 1. The quantitative estimate of drug-likeness (QED) is 0.333. The van der Waals surface area contributed by atoms with Crippen molar-refractivity contribution in [1.29, 1.82) is 0 Å². The number of hydrogen-bond donors (Lipinski definition) is 1. The van der Waals surface area contributed by atoms with E-state index in [-0.39, 0.29) is 12.6 Å². The number of nitrogens with zero attached hydrogens (tertiary/aromatic N) is 4. The summed E-state index contributed by atoms with van der Waals surface area (Å²) in [7, 11) is 0. The monoisotopic (exact) mass is 498 g/mol. The van der Waals surface area contributed by atoms with E-state index in [1.165, 1.54) is 16.9 Å². The van der Waals surface area contributed by atoms with Crippen molar-refractivity contribution in [3.05, 3.63) is 82.6 Å². The van der Waals surface area contributed by atoms with E-state index in [1.807, 2.05) is 38.1 Å². The molecule has 182 valence electrons. The highest BCUT2D eigenvalue weighted by Gasteiger charge is 2.28. The molecule has 0 aliphatic carbocycles. The number of thiophene rings is 1. The molecule has 1 aliphatic heterocycles. The van der Waals surface area contributed by atoms with Gasteiger partial charge in [0.2, 0.25) is 0 Å². The van der Waals surface area contributed by atoms with Crippen LogP contribution in [0.25, 0.3) is 32.7 Å². The number of anilines is 1. The summed E-state index contributed by atoms with van der Waals surface area (Å²) in [5, 5.41) is 14.7. The number of hydrogen-bond acceptors (Lipinski definition) is 8. The van der Waals surface area contributed by atoms with Gasteiger partial charge in [-0.3, -0.25) is 0 Å². The van der Waals surface area contributed by atoms with Gasteiger partial charge in [-0.25, -0.2) is 9.97 Å². The van der Waals surface area contributed by atoms with Crippen molar-refractivity contribution in [1.82, 2.24) is 15.1 Å². The highest BCUT2D eigenvalue weighted by Crippen LogP contribution is 2.38. The number of rotatable bonds is 5. The highest BCUT2D eigenvalue weighted by molar-refractivity contribution is 7.15. The van der Waals surface area contributed by atoms with Crippen LogP contribution in [0.4, 0.5) is 5.82 Å². The molecule has 3 aromatic heterocycles. The van der Waals surface area contributed by atoms with E-state index in [0.29, 0.717) is 25.6 Å². The van der Waals surface area contributed by atoms with E-state index >= 15 is 0 Å². The molecule has 4 heterocycles. The van der Waals surface area contributed by atoms with Crippen molar-refractivity contribution >= 4 is 28.1 Å². The van der Waals surface area contributed by atoms with E-state index < -0.39 is 0 Å². The molecule has 5 aromatic rings. The summed E-state index contributed by atoms with van der Waals surface area (Å²) in [6, 6.07) is 20.6. The van der Waals surface area contributed by atoms with Gasteiger partial charge in [0.25, 0.3) is 0 Å². The molecular formula is C28H26N4O3S. The molecule has 6 rings (SSSR count). The second kappa shape index (κ2) is 9.46. The van der Waals surface area contributed by atoms with Crippen LogP contribution in [0.2, 0.25) is 0 Å². The SMILES string of the molecule is Cc1noc(C)c1-c1ccc2nc(-c3ccc(CO)s3)nc(N3CCOCC3c3ccccc3)c2c1. The Kier molecular flexibility index (Phi) is 6.00. The van der Waals surface area contributed by atoms with E-state index in [9.17, 15) is 5.11 Å². The fraction of sp³-hybridized carbons (Fsp3) is 0.250. The van der Waals surface area contributed by atoms with Gasteiger partial charge in [0.15, 0.2) is 5.82 Å². The van der Waals surface area contributed by atoms with E-state index in [1.54, 1.807) is 0 Å². The Balaban J connectivity index is 1.56. The van der Waals surface area contributed by atoms with E-state index in [0.717, 1.165) is 49.1 Å². The molecular weight excluding hydrogens is 472 g/mol. The minimum atomic E-state index is 0.00540. The van der Waals surface area contributed by atoms with Gasteiger partial charge in [-0.2, -0.15) is 0 Å². The zero-order chi connectivity index (χ0) is 24.6. The summed E-state index contributed by atoms with van der Waals surface area (Å²) in [6.07, 6.45) is 0. The summed E-state index contributed by atoms with van der Waals surface area (Å²) in [5.74, 6) is 2.32. The smallest absolute Gasteiger partial charge is 0.172 e. The third-order valence-electron chi connectivity index (χ3n) is 6.62. The first kappa shape index (κ1) is 22.8. The largest absolute Gasteiger partial charge is 0.391 e. The van der Waals surface area contributed by atoms with Crippen molar-refractivity contribution in [3.63, 3.8) is 0 Å². The van der Waals surface area contributed by atoms with E-state index in [4.69, 9.17) is 19.2 Å². The minimum absolute atomic E-state index is 0.00540. The van der Waals surface area contributed by atoms with Gasteiger partial charge in [-0.05, 0) is 49.2 Å². The second-order valence-electron chi connectivity index (χ2n) is 8.92. The van der Waals surface area contributed by atoms with Crippen molar-refractivity contribution in [2.45, 2.75) is 26.5 Å². The number of aryl methyl sites for hydroxylation is 2. The van der Waals surface area contributed by atoms with Gasteiger partial charge in [-0.15, -0.1) is 11.3 Å². The van der Waals surface area contributed by atoms with Crippen LogP contribution in [0.1, 0.15) is 27.9 Å². The maximum absolute atomic E-state index is 9.59. The number of aromatic nitrogens is 3. The summed E-state index contributed by atoms with van der Waals surface area (Å²) < 4.78 is 11.4. The Bertz CT molecular complexity index is 1510. The maximum Gasteiger partial charge on any atom is 0.172 e. The molecule has 0 amide bonds. The molecule has 0 spiro atoms. The summed E-state index contributed by atoms with van der Waals surface area (Å²) >= 11 is 1.51. The summed E-state index contributed by atoms with van der Waals surface area (Å²) in [4.78, 5) is 14.2. The molecule has 7 nitrogen and oxygen atoms in total. The Morgan fingerprint density at radius 3 is 2.67 bits per heavy atom. The number of benzene rings is 2. The lowest BCUT2D eigenvalue weighted by atomic mass is 10.0. The number of morpholine rings is 1. The van der Waals surface area contributed by atoms with Crippen LogP contribution in [-0.2, 0) is 11.3 Å². The molecule has 1 fully saturated rings. The fourth-order valence-electron chi connectivity index (χ4n) is 4.88. The normalized spacial score (nSPS) is 16.1. The van der Waals surface area contributed by atoms with Gasteiger partial charge in [-0.1, -0.05) is 41.6 Å². The first-order valence-corrected chi connectivity index (χ1v) is 12.8. The minimum Gasteiger partial charge on any atom is -0.391 e. The maximum atomic E-state index is 9.59. The van der Waals surface area contributed by atoms with Crippen LogP contribution in [0.3, 0.4) is 0 Å². The van der Waals surface area contributed by atoms with Crippen LogP contribution in [0.5, 0.6) is 0 Å². The molecule has 1 atom stereocenters. The average Bonchev–Trinajstić information content (AvgIpc) is 3.54. The topological polar surface area (TPSA) is 84.5 Å². The lowest BCUT2D eigenvalue weighted by molar-refractivity contribution is 0.0939. The molecule has 1 aliphatic rings. The van der Waals surface area contributed by atoms with Crippen LogP contribution in [0, 0.1) is 13.8 Å². The number of ether oxygens (including phenoxy) is 1. The Morgan fingerprint density at radius 2 is 1.92 bits per heavy atom. The third-order valence-corrected chi connectivity index (χ3v) is 7.69. The molecule has 36 heavy (non-hydrogen) atoms. The number of aliphatic hydroxyl groups is 1. The molecule has 1 unspecified atom stereocenters. The van der Waals surface area contributed by atoms with Gasteiger partial charge < -0.3 is 19.3 Å². The average molecular weight is 499 g/mol.